The standard InChI is InChI=1S/C16H21N5O2/c22-15(4-2-8-20-10-7-17-12-20)21-9-1-3-13(11-21)14-5-6-18-16(23)19-14/h5-7,10,12-13H,1-4,8-9,11H2,(H,18,19,23)/t13-/m1/s1. The van der Waals surface area contributed by atoms with Crippen LogP contribution in [0.4, 0.5) is 0 Å². The minimum Gasteiger partial charge on any atom is -0.342 e. The van der Waals surface area contributed by atoms with Gasteiger partial charge in [-0.15, -0.1) is 0 Å². The molecule has 7 heteroatoms. The Hall–Kier alpha value is -2.44. The number of aromatic nitrogens is 4. The predicted octanol–water partition coefficient (Wildman–Crippen LogP) is 1.15. The average Bonchev–Trinajstić information content (AvgIpc) is 3.08. The summed E-state index contributed by atoms with van der Waals surface area (Å²) in [5, 5.41) is 0. The van der Waals surface area contributed by atoms with Crippen molar-refractivity contribution in [3.05, 3.63) is 47.2 Å². The molecule has 1 atom stereocenters. The van der Waals surface area contributed by atoms with Gasteiger partial charge in [0.25, 0.3) is 0 Å². The van der Waals surface area contributed by atoms with Crippen molar-refractivity contribution >= 4 is 5.91 Å². The van der Waals surface area contributed by atoms with E-state index in [-0.39, 0.29) is 17.5 Å². The van der Waals surface area contributed by atoms with Crippen LogP contribution in [0, 0.1) is 0 Å². The zero-order valence-corrected chi connectivity index (χ0v) is 13.0. The molecule has 0 aromatic carbocycles. The second-order valence-corrected chi connectivity index (χ2v) is 5.91. The summed E-state index contributed by atoms with van der Waals surface area (Å²) in [6.07, 6.45) is 10.2. The van der Waals surface area contributed by atoms with Crippen molar-refractivity contribution in [3.8, 4) is 0 Å². The van der Waals surface area contributed by atoms with Gasteiger partial charge in [-0.1, -0.05) is 0 Å². The molecule has 1 aliphatic heterocycles. The van der Waals surface area contributed by atoms with Crippen LogP contribution in [-0.4, -0.2) is 43.4 Å². The number of hydrogen-bond acceptors (Lipinski definition) is 4. The highest BCUT2D eigenvalue weighted by Crippen LogP contribution is 2.25. The van der Waals surface area contributed by atoms with Crippen LogP contribution in [0.2, 0.25) is 0 Å². The fraction of sp³-hybridized carbons (Fsp3) is 0.500. The van der Waals surface area contributed by atoms with Crippen molar-refractivity contribution in [3.63, 3.8) is 0 Å². The molecule has 0 radical (unpaired) electrons. The van der Waals surface area contributed by atoms with Gasteiger partial charge in [0.1, 0.15) is 0 Å². The van der Waals surface area contributed by atoms with E-state index in [4.69, 9.17) is 0 Å². The number of carbonyl (C=O) groups excluding carboxylic acids is 1. The Balaban J connectivity index is 1.53. The number of aryl methyl sites for hydroxylation is 1. The Morgan fingerprint density at radius 2 is 2.30 bits per heavy atom. The van der Waals surface area contributed by atoms with Crippen molar-refractivity contribution in [2.45, 2.75) is 38.1 Å². The summed E-state index contributed by atoms with van der Waals surface area (Å²) in [4.78, 5) is 36.1. The largest absolute Gasteiger partial charge is 0.345 e. The molecule has 0 bridgehead atoms. The molecule has 1 amide bonds. The summed E-state index contributed by atoms with van der Waals surface area (Å²) in [6, 6.07) is 1.83. The van der Waals surface area contributed by atoms with Crippen LogP contribution < -0.4 is 5.69 Å². The van der Waals surface area contributed by atoms with E-state index in [0.717, 1.165) is 38.0 Å². The molecule has 1 fully saturated rings. The molecular weight excluding hydrogens is 294 g/mol. The number of hydrogen-bond donors (Lipinski definition) is 1. The summed E-state index contributed by atoms with van der Waals surface area (Å²) in [7, 11) is 0. The van der Waals surface area contributed by atoms with Gasteiger partial charge in [-0.25, -0.2) is 14.8 Å². The van der Waals surface area contributed by atoms with Crippen molar-refractivity contribution in [1.82, 2.24) is 24.4 Å². The van der Waals surface area contributed by atoms with Gasteiger partial charge >= 0.3 is 5.69 Å². The average molecular weight is 315 g/mol. The second kappa shape index (κ2) is 7.21. The van der Waals surface area contributed by atoms with E-state index in [2.05, 4.69) is 15.0 Å². The number of imidazole rings is 1. The van der Waals surface area contributed by atoms with Crippen molar-refractivity contribution in [2.75, 3.05) is 13.1 Å². The fourth-order valence-electron chi connectivity index (χ4n) is 3.07. The molecule has 3 rings (SSSR count). The first kappa shape index (κ1) is 15.5. The van der Waals surface area contributed by atoms with E-state index < -0.39 is 0 Å². The number of nitrogens with zero attached hydrogens (tertiary/aromatic N) is 4. The number of rotatable bonds is 5. The van der Waals surface area contributed by atoms with Crippen molar-refractivity contribution in [2.24, 2.45) is 0 Å². The highest BCUT2D eigenvalue weighted by molar-refractivity contribution is 5.76. The molecule has 1 saturated heterocycles. The van der Waals surface area contributed by atoms with Gasteiger partial charge in [0.2, 0.25) is 5.91 Å². The third-order valence-corrected chi connectivity index (χ3v) is 4.28. The molecule has 0 spiro atoms. The zero-order valence-electron chi connectivity index (χ0n) is 13.0. The first-order valence-corrected chi connectivity index (χ1v) is 8.01. The quantitative estimate of drug-likeness (QED) is 0.897. The van der Waals surface area contributed by atoms with Crippen LogP contribution in [0.3, 0.4) is 0 Å². The molecule has 7 nitrogen and oxygen atoms in total. The van der Waals surface area contributed by atoms with Crippen LogP contribution in [0.25, 0.3) is 0 Å². The molecule has 23 heavy (non-hydrogen) atoms. The zero-order chi connectivity index (χ0) is 16.1. The third-order valence-electron chi connectivity index (χ3n) is 4.28. The Bertz CT molecular complexity index is 695. The van der Waals surface area contributed by atoms with E-state index in [1.165, 1.54) is 6.20 Å². The minimum absolute atomic E-state index is 0.186. The Morgan fingerprint density at radius 1 is 1.39 bits per heavy atom. The van der Waals surface area contributed by atoms with Gasteiger partial charge in [-0.2, -0.15) is 0 Å². The highest BCUT2D eigenvalue weighted by atomic mass is 16.2. The predicted molar refractivity (Wildman–Crippen MR) is 84.9 cm³/mol. The van der Waals surface area contributed by atoms with Crippen LogP contribution in [-0.2, 0) is 11.3 Å². The summed E-state index contributed by atoms with van der Waals surface area (Å²) >= 11 is 0. The van der Waals surface area contributed by atoms with Crippen molar-refractivity contribution < 1.29 is 4.79 Å². The van der Waals surface area contributed by atoms with E-state index in [9.17, 15) is 9.59 Å². The monoisotopic (exact) mass is 315 g/mol. The molecule has 0 saturated carbocycles. The van der Waals surface area contributed by atoms with Gasteiger partial charge in [0, 0.05) is 56.3 Å². The molecule has 0 aliphatic carbocycles. The number of piperidine rings is 1. The molecule has 1 aliphatic rings. The van der Waals surface area contributed by atoms with Gasteiger partial charge in [0.05, 0.1) is 6.33 Å². The molecular formula is C16H21N5O2. The lowest BCUT2D eigenvalue weighted by atomic mass is 9.94. The normalized spacial score (nSPS) is 18.1. The molecule has 2 aromatic heterocycles. The summed E-state index contributed by atoms with van der Waals surface area (Å²) in [6.45, 7) is 2.28. The lowest BCUT2D eigenvalue weighted by Crippen LogP contribution is -2.39. The lowest BCUT2D eigenvalue weighted by Gasteiger charge is -2.32. The van der Waals surface area contributed by atoms with Gasteiger partial charge in [-0.05, 0) is 25.3 Å². The van der Waals surface area contributed by atoms with Gasteiger partial charge < -0.3 is 14.5 Å². The maximum absolute atomic E-state index is 12.4. The molecule has 2 aromatic rings. The number of carbonyl (C=O) groups is 1. The van der Waals surface area contributed by atoms with Crippen LogP contribution in [0.5, 0.6) is 0 Å². The van der Waals surface area contributed by atoms with Crippen molar-refractivity contribution in [1.29, 1.82) is 0 Å². The SMILES string of the molecule is O=C(CCCn1ccnc1)N1CCC[C@@H](c2ccnc(=O)[nH]2)C1. The van der Waals surface area contributed by atoms with E-state index in [1.807, 2.05) is 21.7 Å². The first-order chi connectivity index (χ1) is 11.2. The van der Waals surface area contributed by atoms with Gasteiger partial charge in [0.15, 0.2) is 0 Å². The van der Waals surface area contributed by atoms with E-state index >= 15 is 0 Å². The second-order valence-electron chi connectivity index (χ2n) is 5.91. The molecule has 122 valence electrons. The number of amides is 1. The number of nitrogens with one attached hydrogen (secondary N) is 1. The van der Waals surface area contributed by atoms with Crippen LogP contribution in [0.1, 0.15) is 37.3 Å². The molecule has 1 N–H and O–H groups in total. The minimum atomic E-state index is -0.328. The highest BCUT2D eigenvalue weighted by Gasteiger charge is 2.24. The maximum atomic E-state index is 12.4. The fourth-order valence-corrected chi connectivity index (χ4v) is 3.07. The lowest BCUT2D eigenvalue weighted by molar-refractivity contribution is -0.132. The Kier molecular flexibility index (Phi) is 4.85. The summed E-state index contributed by atoms with van der Waals surface area (Å²) < 4.78 is 1.98. The van der Waals surface area contributed by atoms with E-state index in [0.29, 0.717) is 13.0 Å². The smallest absolute Gasteiger partial charge is 0.342 e. The molecule has 0 unspecified atom stereocenters. The topological polar surface area (TPSA) is 83.9 Å². The van der Waals surface area contributed by atoms with Gasteiger partial charge in [-0.3, -0.25) is 4.79 Å². The number of H-pyrrole nitrogens is 1. The number of aromatic amines is 1. The Morgan fingerprint density at radius 3 is 3.09 bits per heavy atom. The van der Waals surface area contributed by atoms with Crippen LogP contribution >= 0.6 is 0 Å². The number of likely N-dealkylation sites (tertiary alicyclic amines) is 1. The first-order valence-electron chi connectivity index (χ1n) is 8.01. The summed E-state index contributed by atoms with van der Waals surface area (Å²) in [5.41, 5.74) is 0.548. The maximum Gasteiger partial charge on any atom is 0.345 e. The molecule has 3 heterocycles. The van der Waals surface area contributed by atoms with E-state index in [1.54, 1.807) is 12.5 Å². The summed E-state index contributed by atoms with van der Waals surface area (Å²) in [5.74, 6) is 0.378. The van der Waals surface area contributed by atoms with Crippen LogP contribution in [0.15, 0.2) is 35.8 Å². The Labute approximate surface area is 134 Å². The third kappa shape index (κ3) is 4.06.